The quantitative estimate of drug-likeness (QED) is 0.128. The molecule has 0 amide bonds. The van der Waals surface area contributed by atoms with Crippen molar-refractivity contribution >= 4 is 72.4 Å². The van der Waals surface area contributed by atoms with Crippen LogP contribution in [0.1, 0.15) is 0 Å². The fourth-order valence-electron chi connectivity index (χ4n) is 16.1. The molecule has 2 aliphatic rings. The zero-order valence-corrected chi connectivity index (χ0v) is 54.7. The van der Waals surface area contributed by atoms with Gasteiger partial charge in [0.05, 0.1) is 44.8 Å². The average molecular weight is 1280 g/mol. The molecule has 18 aromatic rings. The molecule has 6 heterocycles. The molecule has 1 spiro atoms. The molecule has 460 valence electrons. The second-order valence-electron chi connectivity index (χ2n) is 26.0. The smallest absolute Gasteiger partial charge is 0.182 e. The molecule has 7 heteroatoms. The molecule has 0 N–H and O–H groups in total. The average Bonchev–Trinajstić information content (AvgIpc) is 1.51. The molecule has 0 fully saturated rings. The van der Waals surface area contributed by atoms with Crippen LogP contribution in [0.2, 0.25) is 0 Å². The Balaban J connectivity index is 0.829. The maximum Gasteiger partial charge on any atom is 0.182 e. The molecule has 0 saturated heterocycles. The maximum atomic E-state index is 5.51. The minimum absolute atomic E-state index is 0.672. The topological polar surface area (TPSA) is 61.4 Å². The second-order valence-corrected chi connectivity index (χ2v) is 29.7. The fraction of sp³-hybridized carbons (Fsp3) is 0. The van der Waals surface area contributed by atoms with E-state index in [0.717, 1.165) is 89.8 Å². The minimum atomic E-state index is -3.47. The lowest BCUT2D eigenvalue weighted by molar-refractivity contribution is 1.18. The lowest BCUT2D eigenvalue weighted by atomic mass is 9.98. The Labute approximate surface area is 573 Å². The zero-order valence-electron chi connectivity index (χ0n) is 53.7. The summed E-state index contributed by atoms with van der Waals surface area (Å²) in [5.41, 5.74) is 26.0. The summed E-state index contributed by atoms with van der Waals surface area (Å²) in [7, 11) is -3.47. The number of hydrogen-bond donors (Lipinski definition) is 0. The van der Waals surface area contributed by atoms with Crippen molar-refractivity contribution in [1.29, 1.82) is 0 Å². The van der Waals surface area contributed by atoms with E-state index < -0.39 is 8.07 Å². The van der Waals surface area contributed by atoms with Gasteiger partial charge in [-0.2, -0.15) is 0 Å². The number of benzene rings is 14. The van der Waals surface area contributed by atoms with Gasteiger partial charge < -0.3 is 9.13 Å². The normalized spacial score (nSPS) is 12.5. The monoisotopic (exact) mass is 1270 g/mol. The van der Waals surface area contributed by atoms with E-state index in [1.54, 1.807) is 0 Å². The molecule has 6 nitrogen and oxygen atoms in total. The van der Waals surface area contributed by atoms with Crippen molar-refractivity contribution in [1.82, 2.24) is 29.1 Å². The van der Waals surface area contributed by atoms with E-state index in [-0.39, 0.29) is 0 Å². The predicted molar refractivity (Wildman–Crippen MR) is 411 cm³/mol. The SMILES string of the molecule is c1ccc(-c2cc(-c3ccccc3)nc(-c3ccc4c(c3)[Si]3(c5cc(-c6ccc(-n7c8ccccc8c8ccccc87)cc6)ccc5-c5ccc(-c6ccc(-n7c8ccccc8c8ccccc87)cc6)cc53)c3cc(-c5nc(-c6ccccc6)cc(-c6ccccc6)n5)ccc3-4)n2)cc1. The van der Waals surface area contributed by atoms with Gasteiger partial charge in [0.1, 0.15) is 0 Å². The molecule has 2 aliphatic heterocycles. The molecular weight excluding hydrogens is 1220 g/mol. The summed E-state index contributed by atoms with van der Waals surface area (Å²) in [6.45, 7) is 0. The molecule has 4 aromatic heterocycles. The van der Waals surface area contributed by atoms with Gasteiger partial charge in [0.15, 0.2) is 19.7 Å². The number of para-hydroxylation sites is 4. The standard InChI is InChI=1S/C92H58N6Si/c1-5-21-61(22-6-1)79-57-80(62-23-7-2-8-24-62)94-91(93-79)67-43-51-77-78-52-44-68(92-95-81(63-25-9-3-10-26-63)58-82(96-92)64-27-11-4-12-28-64)56-90(78)99(89(77)55-67)87-53-65(59-37-45-69(46-38-59)97-83-33-17-13-29-71(83)72-30-14-18-34-84(72)97)41-49-75(87)76-50-42-66(54-88(76)99)60-39-47-70(48-40-60)98-85-35-19-15-31-73(85)74-32-16-20-36-86(74)98/h1-58H. The van der Waals surface area contributed by atoms with Gasteiger partial charge in [-0.3, -0.25) is 0 Å². The molecule has 0 aliphatic carbocycles. The molecule has 20 rings (SSSR count). The van der Waals surface area contributed by atoms with Gasteiger partial charge in [-0.15, -0.1) is 0 Å². The molecule has 0 radical (unpaired) electrons. The Bertz CT molecular complexity index is 5650. The van der Waals surface area contributed by atoms with E-state index in [0.29, 0.717) is 11.6 Å². The van der Waals surface area contributed by atoms with Crippen molar-refractivity contribution in [2.45, 2.75) is 0 Å². The van der Waals surface area contributed by atoms with Crippen LogP contribution in [-0.4, -0.2) is 37.1 Å². The predicted octanol–water partition coefficient (Wildman–Crippen LogP) is 20.1. The molecule has 0 atom stereocenters. The van der Waals surface area contributed by atoms with E-state index >= 15 is 0 Å². The summed E-state index contributed by atoms with van der Waals surface area (Å²) in [6, 6.07) is 128. The van der Waals surface area contributed by atoms with Crippen molar-refractivity contribution in [3.63, 3.8) is 0 Å². The highest BCUT2D eigenvalue weighted by Gasteiger charge is 2.55. The van der Waals surface area contributed by atoms with Gasteiger partial charge in [-0.05, 0) is 126 Å². The maximum absolute atomic E-state index is 5.51. The van der Waals surface area contributed by atoms with E-state index in [1.807, 2.05) is 0 Å². The van der Waals surface area contributed by atoms with Crippen molar-refractivity contribution in [2.24, 2.45) is 0 Å². The molecule has 99 heavy (non-hydrogen) atoms. The molecular formula is C92H58N6Si. The Morgan fingerprint density at radius 2 is 0.434 bits per heavy atom. The summed E-state index contributed by atoms with van der Waals surface area (Å²) < 4.78 is 4.80. The van der Waals surface area contributed by atoms with Crippen molar-refractivity contribution in [3.05, 3.63) is 352 Å². The lowest BCUT2D eigenvalue weighted by Gasteiger charge is -2.29. The first-order valence-electron chi connectivity index (χ1n) is 33.8. The Kier molecular flexibility index (Phi) is 12.9. The van der Waals surface area contributed by atoms with Gasteiger partial charge >= 0.3 is 0 Å². The highest BCUT2D eigenvalue weighted by Crippen LogP contribution is 2.43. The Morgan fingerprint density at radius 1 is 0.192 bits per heavy atom. The van der Waals surface area contributed by atoms with Crippen LogP contribution in [0.15, 0.2) is 352 Å². The van der Waals surface area contributed by atoms with Crippen LogP contribution in [0.3, 0.4) is 0 Å². The van der Waals surface area contributed by atoms with E-state index in [9.17, 15) is 0 Å². The third-order valence-corrected chi connectivity index (χ3v) is 25.5. The number of aromatic nitrogens is 6. The largest absolute Gasteiger partial charge is 0.309 e. The van der Waals surface area contributed by atoms with E-state index in [2.05, 4.69) is 361 Å². The molecule has 0 unspecified atom stereocenters. The second kappa shape index (κ2) is 22.6. The molecule has 0 bridgehead atoms. The van der Waals surface area contributed by atoms with Crippen molar-refractivity contribution in [2.75, 3.05) is 0 Å². The number of rotatable bonds is 10. The Hall–Kier alpha value is -12.9. The lowest BCUT2D eigenvalue weighted by Crippen LogP contribution is -2.70. The van der Waals surface area contributed by atoms with Crippen LogP contribution in [0, 0.1) is 0 Å². The molecule has 14 aromatic carbocycles. The van der Waals surface area contributed by atoms with E-state index in [4.69, 9.17) is 19.9 Å². The van der Waals surface area contributed by atoms with Gasteiger partial charge in [-0.25, -0.2) is 19.9 Å². The van der Waals surface area contributed by atoms with Gasteiger partial charge in [0, 0.05) is 66.3 Å². The third-order valence-electron chi connectivity index (χ3n) is 20.6. The van der Waals surface area contributed by atoms with Crippen LogP contribution in [0.25, 0.3) is 167 Å². The number of nitrogens with zero attached hydrogens (tertiary/aromatic N) is 6. The minimum Gasteiger partial charge on any atom is -0.309 e. The van der Waals surface area contributed by atoms with Crippen molar-refractivity contribution in [3.8, 4) is 124 Å². The van der Waals surface area contributed by atoms with Crippen LogP contribution in [-0.2, 0) is 0 Å². The van der Waals surface area contributed by atoms with Crippen LogP contribution >= 0.6 is 0 Å². The van der Waals surface area contributed by atoms with Crippen molar-refractivity contribution < 1.29 is 0 Å². The first-order chi connectivity index (χ1) is 49.1. The van der Waals surface area contributed by atoms with Crippen LogP contribution in [0.5, 0.6) is 0 Å². The zero-order chi connectivity index (χ0) is 65.1. The fourth-order valence-corrected chi connectivity index (χ4v) is 21.8. The summed E-state index contributed by atoms with van der Waals surface area (Å²) in [5.74, 6) is 1.34. The molecule has 0 saturated carbocycles. The number of hydrogen-bond acceptors (Lipinski definition) is 4. The van der Waals surface area contributed by atoms with E-state index in [1.165, 1.54) is 86.6 Å². The Morgan fingerprint density at radius 3 is 0.727 bits per heavy atom. The summed E-state index contributed by atoms with van der Waals surface area (Å²) in [6.07, 6.45) is 0. The van der Waals surface area contributed by atoms with Gasteiger partial charge in [0.25, 0.3) is 0 Å². The highest BCUT2D eigenvalue weighted by atomic mass is 28.3. The summed E-state index contributed by atoms with van der Waals surface area (Å²) in [5, 5.41) is 10.2. The summed E-state index contributed by atoms with van der Waals surface area (Å²) >= 11 is 0. The first-order valence-corrected chi connectivity index (χ1v) is 35.8. The van der Waals surface area contributed by atoms with Gasteiger partial charge in [0.2, 0.25) is 0 Å². The van der Waals surface area contributed by atoms with Crippen LogP contribution in [0.4, 0.5) is 0 Å². The number of fused-ring (bicyclic) bond motifs is 16. The van der Waals surface area contributed by atoms with Gasteiger partial charge in [-0.1, -0.05) is 291 Å². The third kappa shape index (κ3) is 9.02. The first kappa shape index (κ1) is 56.4. The highest BCUT2D eigenvalue weighted by molar-refractivity contribution is 7.24. The summed E-state index contributed by atoms with van der Waals surface area (Å²) in [4.78, 5) is 22.0. The van der Waals surface area contributed by atoms with Crippen LogP contribution < -0.4 is 20.7 Å².